The van der Waals surface area contributed by atoms with Crippen molar-refractivity contribution in [3.63, 3.8) is 0 Å². The van der Waals surface area contributed by atoms with E-state index in [0.717, 1.165) is 18.4 Å². The Balaban J connectivity index is 0.00000192. The topological polar surface area (TPSA) is 41.1 Å². The quantitative estimate of drug-likeness (QED) is 0.814. The largest absolute Gasteiger partial charge is 0.356 e. The Morgan fingerprint density at radius 3 is 2.39 bits per heavy atom. The molecule has 2 heterocycles. The number of piperidine rings is 1. The van der Waals surface area contributed by atoms with Gasteiger partial charge < -0.3 is 10.6 Å². The van der Waals surface area contributed by atoms with Gasteiger partial charge in [-0.3, -0.25) is 4.79 Å². The highest BCUT2D eigenvalue weighted by atomic mass is 35.5. The predicted octanol–water partition coefficient (Wildman–Crippen LogP) is 3.99. The van der Waals surface area contributed by atoms with Gasteiger partial charge >= 0.3 is 0 Å². The molecule has 128 valence electrons. The van der Waals surface area contributed by atoms with Gasteiger partial charge in [0.25, 0.3) is 0 Å². The number of carbonyl (C=O) groups excluding carboxylic acids is 1. The predicted molar refractivity (Wildman–Crippen MR) is 97.7 cm³/mol. The maximum absolute atomic E-state index is 12.1. The fourth-order valence-corrected chi connectivity index (χ4v) is 4.36. The van der Waals surface area contributed by atoms with E-state index in [4.69, 9.17) is 23.2 Å². The monoisotopic (exact) mass is 376 g/mol. The fraction of sp³-hybridized carbons (Fsp3) is 0.588. The van der Waals surface area contributed by atoms with Gasteiger partial charge in [0.05, 0.1) is 0 Å². The van der Waals surface area contributed by atoms with Crippen molar-refractivity contribution in [3.05, 3.63) is 33.8 Å². The van der Waals surface area contributed by atoms with Crippen LogP contribution in [0, 0.1) is 5.92 Å². The molecule has 2 saturated heterocycles. The average molecular weight is 378 g/mol. The van der Waals surface area contributed by atoms with E-state index in [-0.39, 0.29) is 18.3 Å². The molecule has 1 aromatic rings. The molecular formula is C17H23Cl3N2O. The van der Waals surface area contributed by atoms with Crippen LogP contribution in [0.3, 0.4) is 0 Å². The van der Waals surface area contributed by atoms with Crippen LogP contribution in [0.15, 0.2) is 18.2 Å². The van der Waals surface area contributed by atoms with Gasteiger partial charge in [-0.1, -0.05) is 29.3 Å². The number of carbonyl (C=O) groups is 1. The molecule has 0 aliphatic carbocycles. The summed E-state index contributed by atoms with van der Waals surface area (Å²) in [7, 11) is 0. The van der Waals surface area contributed by atoms with E-state index in [9.17, 15) is 4.79 Å². The molecule has 0 spiro atoms. The third-order valence-corrected chi connectivity index (χ3v) is 5.51. The van der Waals surface area contributed by atoms with Crippen molar-refractivity contribution in [2.45, 2.75) is 50.6 Å². The van der Waals surface area contributed by atoms with Crippen molar-refractivity contribution < 1.29 is 4.79 Å². The number of nitrogens with one attached hydrogen (secondary N) is 2. The summed E-state index contributed by atoms with van der Waals surface area (Å²) in [5.74, 6) is 0.678. The minimum absolute atomic E-state index is 0. The number of halogens is 3. The Bertz CT molecular complexity index is 520. The van der Waals surface area contributed by atoms with E-state index < -0.39 is 0 Å². The van der Waals surface area contributed by atoms with E-state index in [1.165, 1.54) is 12.8 Å². The minimum Gasteiger partial charge on any atom is -0.356 e. The normalized spacial score (nSPS) is 25.7. The number of fused-ring (bicyclic) bond motifs is 2. The second-order valence-electron chi connectivity index (χ2n) is 6.48. The van der Waals surface area contributed by atoms with E-state index in [1.807, 2.05) is 18.2 Å². The van der Waals surface area contributed by atoms with Crippen LogP contribution in [-0.2, 0) is 11.2 Å². The Hall–Kier alpha value is -0.480. The number of hydrogen-bond acceptors (Lipinski definition) is 2. The van der Waals surface area contributed by atoms with Crippen molar-refractivity contribution in [1.29, 1.82) is 0 Å². The van der Waals surface area contributed by atoms with Gasteiger partial charge in [-0.25, -0.2) is 0 Å². The summed E-state index contributed by atoms with van der Waals surface area (Å²) in [6.45, 7) is 0.583. The fourth-order valence-electron chi connectivity index (χ4n) is 3.77. The molecular weight excluding hydrogens is 355 g/mol. The van der Waals surface area contributed by atoms with Crippen molar-refractivity contribution in [2.75, 3.05) is 6.54 Å². The summed E-state index contributed by atoms with van der Waals surface area (Å²) in [4.78, 5) is 12.1. The standard InChI is InChI=1S/C17H22Cl2N2O.ClH/c18-15-2-1-3-16(19)14(15)6-7-20-17(22)10-11-8-12-4-5-13(9-11)21-12;/h1-3,11-13,21H,4-10H2,(H,20,22);1H. The Kier molecular flexibility index (Phi) is 7.02. The molecule has 2 atom stereocenters. The molecule has 1 amide bonds. The summed E-state index contributed by atoms with van der Waals surface area (Å²) in [6, 6.07) is 6.76. The van der Waals surface area contributed by atoms with Gasteiger partial charge in [-0.2, -0.15) is 0 Å². The van der Waals surface area contributed by atoms with E-state index in [1.54, 1.807) is 0 Å². The molecule has 2 aliphatic rings. The number of hydrogen-bond donors (Lipinski definition) is 2. The van der Waals surface area contributed by atoms with Crippen LogP contribution >= 0.6 is 35.6 Å². The Labute approximate surface area is 153 Å². The van der Waals surface area contributed by atoms with E-state index in [0.29, 0.717) is 47.4 Å². The minimum atomic E-state index is 0. The van der Waals surface area contributed by atoms with Gasteiger partial charge in [0, 0.05) is 35.1 Å². The maximum atomic E-state index is 12.1. The van der Waals surface area contributed by atoms with E-state index in [2.05, 4.69) is 10.6 Å². The van der Waals surface area contributed by atoms with Crippen LogP contribution < -0.4 is 10.6 Å². The van der Waals surface area contributed by atoms with Crippen LogP contribution in [0.4, 0.5) is 0 Å². The highest BCUT2D eigenvalue weighted by Gasteiger charge is 2.34. The van der Waals surface area contributed by atoms with Crippen molar-refractivity contribution >= 4 is 41.5 Å². The van der Waals surface area contributed by atoms with Gasteiger partial charge in [-0.15, -0.1) is 12.4 Å². The summed E-state index contributed by atoms with van der Waals surface area (Å²) >= 11 is 12.3. The Morgan fingerprint density at radius 1 is 1.17 bits per heavy atom. The first-order valence-corrected chi connectivity index (χ1v) is 8.83. The summed E-state index contributed by atoms with van der Waals surface area (Å²) < 4.78 is 0. The molecule has 3 rings (SSSR count). The average Bonchev–Trinajstić information content (AvgIpc) is 2.81. The first-order chi connectivity index (χ1) is 10.6. The second-order valence-corrected chi connectivity index (χ2v) is 7.29. The lowest BCUT2D eigenvalue weighted by Crippen LogP contribution is -2.39. The summed E-state index contributed by atoms with van der Waals surface area (Å²) in [5, 5.41) is 7.94. The first kappa shape index (κ1) is 18.9. The zero-order chi connectivity index (χ0) is 15.5. The lowest BCUT2D eigenvalue weighted by atomic mass is 9.89. The van der Waals surface area contributed by atoms with Crippen LogP contribution in [-0.4, -0.2) is 24.5 Å². The molecule has 2 bridgehead atoms. The van der Waals surface area contributed by atoms with E-state index >= 15 is 0 Å². The molecule has 0 radical (unpaired) electrons. The highest BCUT2D eigenvalue weighted by Crippen LogP contribution is 2.32. The first-order valence-electron chi connectivity index (χ1n) is 8.07. The summed E-state index contributed by atoms with van der Waals surface area (Å²) in [5.41, 5.74) is 0.908. The smallest absolute Gasteiger partial charge is 0.220 e. The molecule has 2 unspecified atom stereocenters. The zero-order valence-corrected chi connectivity index (χ0v) is 15.3. The lowest BCUT2D eigenvalue weighted by Gasteiger charge is -2.28. The molecule has 2 N–H and O–H groups in total. The van der Waals surface area contributed by atoms with Crippen molar-refractivity contribution in [3.8, 4) is 0 Å². The van der Waals surface area contributed by atoms with Gasteiger partial charge in [-0.05, 0) is 55.7 Å². The van der Waals surface area contributed by atoms with Gasteiger partial charge in [0.1, 0.15) is 0 Å². The highest BCUT2D eigenvalue weighted by molar-refractivity contribution is 6.35. The van der Waals surface area contributed by atoms with Gasteiger partial charge in [0.15, 0.2) is 0 Å². The molecule has 0 saturated carbocycles. The van der Waals surface area contributed by atoms with Gasteiger partial charge in [0.2, 0.25) is 5.91 Å². The molecule has 23 heavy (non-hydrogen) atoms. The third-order valence-electron chi connectivity index (χ3n) is 4.80. The molecule has 0 aromatic heterocycles. The van der Waals surface area contributed by atoms with Crippen LogP contribution in [0.1, 0.15) is 37.7 Å². The number of rotatable bonds is 5. The van der Waals surface area contributed by atoms with Crippen molar-refractivity contribution in [2.24, 2.45) is 5.92 Å². The second kappa shape index (κ2) is 8.57. The summed E-state index contributed by atoms with van der Waals surface area (Å²) in [6.07, 6.45) is 6.13. The van der Waals surface area contributed by atoms with Crippen LogP contribution in [0.25, 0.3) is 0 Å². The third kappa shape index (κ3) is 4.99. The number of benzene rings is 1. The number of amides is 1. The SMILES string of the molecule is Cl.O=C(CC1CC2CCC(C1)N2)NCCc1c(Cl)cccc1Cl. The lowest BCUT2D eigenvalue weighted by molar-refractivity contribution is -0.122. The maximum Gasteiger partial charge on any atom is 0.220 e. The zero-order valence-electron chi connectivity index (χ0n) is 13.0. The Morgan fingerprint density at radius 2 is 1.78 bits per heavy atom. The van der Waals surface area contributed by atoms with Crippen molar-refractivity contribution in [1.82, 2.24) is 10.6 Å². The van der Waals surface area contributed by atoms with Crippen LogP contribution in [0.2, 0.25) is 10.0 Å². The van der Waals surface area contributed by atoms with Crippen LogP contribution in [0.5, 0.6) is 0 Å². The molecule has 1 aromatic carbocycles. The molecule has 2 fully saturated rings. The molecule has 3 nitrogen and oxygen atoms in total. The molecule has 6 heteroatoms. The molecule has 2 aliphatic heterocycles.